The van der Waals surface area contributed by atoms with Crippen molar-refractivity contribution in [2.45, 2.75) is 18.7 Å². The molecule has 0 fully saturated rings. The summed E-state index contributed by atoms with van der Waals surface area (Å²) in [6, 6.07) is 15.4. The molecule has 0 aliphatic rings. The molecule has 2 aromatic rings. The summed E-state index contributed by atoms with van der Waals surface area (Å²) in [6.07, 6.45) is 1.16. The number of nitrogens with one attached hydrogen (secondary N) is 1. The Balaban J connectivity index is 2.11. The fraction of sp³-hybridized carbons (Fsp3) is 0.222. The molecule has 0 aliphatic heterocycles. The maximum atomic E-state index is 12.4. The lowest BCUT2D eigenvalue weighted by Crippen LogP contribution is -2.26. The lowest BCUT2D eigenvalue weighted by atomic mass is 10.1. The molecule has 124 valence electrons. The number of carbonyl (C=O) groups is 1. The SMILES string of the molecule is CC(NC(=O)c1cccc(CS(C)(=O)=O)c1)c1ccc(C#N)cc1. The fourth-order valence-corrected chi connectivity index (χ4v) is 3.10. The van der Waals surface area contributed by atoms with Gasteiger partial charge < -0.3 is 5.32 Å². The van der Waals surface area contributed by atoms with Crippen LogP contribution in [0, 0.1) is 11.3 Å². The van der Waals surface area contributed by atoms with E-state index in [0.29, 0.717) is 16.7 Å². The molecule has 24 heavy (non-hydrogen) atoms. The van der Waals surface area contributed by atoms with E-state index in [-0.39, 0.29) is 17.7 Å². The quantitative estimate of drug-likeness (QED) is 0.905. The molecule has 1 N–H and O–H groups in total. The molecule has 0 heterocycles. The Kier molecular flexibility index (Phi) is 5.37. The minimum absolute atomic E-state index is 0.0979. The summed E-state index contributed by atoms with van der Waals surface area (Å²) in [7, 11) is -3.15. The topological polar surface area (TPSA) is 87.0 Å². The van der Waals surface area contributed by atoms with Crippen LogP contribution < -0.4 is 5.32 Å². The number of nitriles is 1. The van der Waals surface area contributed by atoms with E-state index in [0.717, 1.165) is 11.8 Å². The third-order valence-corrected chi connectivity index (χ3v) is 4.36. The van der Waals surface area contributed by atoms with E-state index in [1.807, 2.05) is 13.0 Å². The second-order valence-electron chi connectivity index (χ2n) is 5.70. The number of amides is 1. The highest BCUT2D eigenvalue weighted by Gasteiger charge is 2.13. The molecule has 0 spiro atoms. The molecule has 1 unspecified atom stereocenters. The third-order valence-electron chi connectivity index (χ3n) is 3.51. The lowest BCUT2D eigenvalue weighted by molar-refractivity contribution is 0.0939. The first kappa shape index (κ1) is 17.7. The zero-order valence-electron chi connectivity index (χ0n) is 13.5. The first-order valence-electron chi connectivity index (χ1n) is 7.36. The molecule has 2 aromatic carbocycles. The van der Waals surface area contributed by atoms with Crippen LogP contribution in [0.4, 0.5) is 0 Å². The van der Waals surface area contributed by atoms with Crippen molar-refractivity contribution in [3.63, 3.8) is 0 Å². The van der Waals surface area contributed by atoms with Crippen LogP contribution >= 0.6 is 0 Å². The second kappa shape index (κ2) is 7.28. The van der Waals surface area contributed by atoms with Crippen LogP contribution in [0.1, 0.15) is 40.0 Å². The normalized spacial score (nSPS) is 12.2. The van der Waals surface area contributed by atoms with Crippen LogP contribution in [0.15, 0.2) is 48.5 Å². The monoisotopic (exact) mass is 342 g/mol. The molecule has 1 atom stereocenters. The fourth-order valence-electron chi connectivity index (χ4n) is 2.31. The summed E-state index contributed by atoms with van der Waals surface area (Å²) in [5.74, 6) is -0.374. The second-order valence-corrected chi connectivity index (χ2v) is 7.84. The molecule has 0 radical (unpaired) electrons. The molecule has 0 saturated heterocycles. The number of carbonyl (C=O) groups excluding carboxylic acids is 1. The standard InChI is InChI=1S/C18H18N2O3S/c1-13(16-8-6-14(11-19)7-9-16)20-18(21)17-5-3-4-15(10-17)12-24(2,22)23/h3-10,13H,12H2,1-2H3,(H,20,21). The van der Waals surface area contributed by atoms with Crippen molar-refractivity contribution < 1.29 is 13.2 Å². The van der Waals surface area contributed by atoms with Gasteiger partial charge in [0, 0.05) is 11.8 Å². The van der Waals surface area contributed by atoms with Crippen molar-refractivity contribution in [1.29, 1.82) is 5.26 Å². The van der Waals surface area contributed by atoms with Crippen molar-refractivity contribution in [3.05, 3.63) is 70.8 Å². The molecule has 0 bridgehead atoms. The van der Waals surface area contributed by atoms with Gasteiger partial charge in [0.2, 0.25) is 0 Å². The molecule has 0 aliphatic carbocycles. The highest BCUT2D eigenvalue weighted by molar-refractivity contribution is 7.89. The number of hydrogen-bond donors (Lipinski definition) is 1. The van der Waals surface area contributed by atoms with Gasteiger partial charge in [0.15, 0.2) is 9.84 Å². The van der Waals surface area contributed by atoms with Crippen molar-refractivity contribution in [3.8, 4) is 6.07 Å². The largest absolute Gasteiger partial charge is 0.346 e. The highest BCUT2D eigenvalue weighted by atomic mass is 32.2. The van der Waals surface area contributed by atoms with Gasteiger partial charge >= 0.3 is 0 Å². The maximum absolute atomic E-state index is 12.4. The summed E-state index contributed by atoms with van der Waals surface area (Å²) in [4.78, 5) is 12.4. The Morgan fingerprint density at radius 1 is 1.21 bits per heavy atom. The van der Waals surface area contributed by atoms with Gasteiger partial charge in [-0.25, -0.2) is 8.42 Å². The summed E-state index contributed by atoms with van der Waals surface area (Å²) < 4.78 is 22.7. The van der Waals surface area contributed by atoms with Crippen molar-refractivity contribution in [2.75, 3.05) is 6.26 Å². The average molecular weight is 342 g/mol. The lowest BCUT2D eigenvalue weighted by Gasteiger charge is -2.15. The first-order valence-corrected chi connectivity index (χ1v) is 9.42. The third kappa shape index (κ3) is 4.93. The van der Waals surface area contributed by atoms with Crippen LogP contribution in [0.5, 0.6) is 0 Å². The molecular formula is C18H18N2O3S. The molecule has 0 aromatic heterocycles. The number of sulfone groups is 1. The molecular weight excluding hydrogens is 324 g/mol. The predicted molar refractivity (Wildman–Crippen MR) is 92.0 cm³/mol. The van der Waals surface area contributed by atoms with Crippen molar-refractivity contribution in [2.24, 2.45) is 0 Å². The van der Waals surface area contributed by atoms with E-state index in [4.69, 9.17) is 5.26 Å². The van der Waals surface area contributed by atoms with Gasteiger partial charge in [0.05, 0.1) is 23.4 Å². The van der Waals surface area contributed by atoms with Gasteiger partial charge in [-0.2, -0.15) is 5.26 Å². The summed E-state index contributed by atoms with van der Waals surface area (Å²) >= 11 is 0. The summed E-state index contributed by atoms with van der Waals surface area (Å²) in [5.41, 5.74) is 2.44. The number of hydrogen-bond acceptors (Lipinski definition) is 4. The van der Waals surface area contributed by atoms with Gasteiger partial charge in [-0.3, -0.25) is 4.79 Å². The van der Waals surface area contributed by atoms with E-state index >= 15 is 0 Å². The predicted octanol–water partition coefficient (Wildman–Crippen LogP) is 2.59. The van der Waals surface area contributed by atoms with Crippen LogP contribution in [-0.4, -0.2) is 20.6 Å². The number of rotatable bonds is 5. The van der Waals surface area contributed by atoms with Gasteiger partial charge in [0.1, 0.15) is 0 Å². The van der Waals surface area contributed by atoms with Crippen molar-refractivity contribution >= 4 is 15.7 Å². The minimum atomic E-state index is -3.15. The molecule has 1 amide bonds. The van der Waals surface area contributed by atoms with E-state index in [1.54, 1.807) is 48.5 Å². The zero-order chi connectivity index (χ0) is 17.7. The Morgan fingerprint density at radius 2 is 1.88 bits per heavy atom. The molecule has 6 heteroatoms. The smallest absolute Gasteiger partial charge is 0.251 e. The van der Waals surface area contributed by atoms with Gasteiger partial charge in [-0.05, 0) is 42.3 Å². The maximum Gasteiger partial charge on any atom is 0.251 e. The number of nitrogens with zero attached hydrogens (tertiary/aromatic N) is 1. The van der Waals surface area contributed by atoms with Gasteiger partial charge in [-0.1, -0.05) is 24.3 Å². The Bertz CT molecular complexity index is 881. The minimum Gasteiger partial charge on any atom is -0.346 e. The Hall–Kier alpha value is -2.65. The van der Waals surface area contributed by atoms with Crippen LogP contribution in [0.2, 0.25) is 0 Å². The average Bonchev–Trinajstić information content (AvgIpc) is 2.53. The van der Waals surface area contributed by atoms with Crippen LogP contribution in [0.3, 0.4) is 0 Å². The Labute approximate surface area is 141 Å². The van der Waals surface area contributed by atoms with Gasteiger partial charge in [-0.15, -0.1) is 0 Å². The molecule has 5 nitrogen and oxygen atoms in total. The van der Waals surface area contributed by atoms with E-state index in [1.165, 1.54) is 0 Å². The Morgan fingerprint density at radius 3 is 2.46 bits per heavy atom. The van der Waals surface area contributed by atoms with E-state index in [9.17, 15) is 13.2 Å². The van der Waals surface area contributed by atoms with Gasteiger partial charge in [0.25, 0.3) is 5.91 Å². The van der Waals surface area contributed by atoms with Crippen LogP contribution in [-0.2, 0) is 15.6 Å². The summed E-state index contributed by atoms with van der Waals surface area (Å²) in [6.45, 7) is 1.85. The zero-order valence-corrected chi connectivity index (χ0v) is 14.3. The highest BCUT2D eigenvalue weighted by Crippen LogP contribution is 2.15. The van der Waals surface area contributed by atoms with E-state index < -0.39 is 9.84 Å². The summed E-state index contributed by atoms with van der Waals surface area (Å²) in [5, 5.41) is 11.7. The van der Waals surface area contributed by atoms with Crippen molar-refractivity contribution in [1.82, 2.24) is 5.32 Å². The first-order chi connectivity index (χ1) is 11.3. The number of benzene rings is 2. The van der Waals surface area contributed by atoms with Crippen LogP contribution in [0.25, 0.3) is 0 Å². The molecule has 2 rings (SSSR count). The van der Waals surface area contributed by atoms with E-state index in [2.05, 4.69) is 5.32 Å². The molecule has 0 saturated carbocycles.